The van der Waals surface area contributed by atoms with Crippen LogP contribution in [0.4, 0.5) is 4.39 Å². The first kappa shape index (κ1) is 20.2. The Morgan fingerprint density at radius 3 is 2.40 bits per heavy atom. The maximum absolute atomic E-state index is 13.4. The van der Waals surface area contributed by atoms with E-state index in [2.05, 4.69) is 39.8 Å². The summed E-state index contributed by atoms with van der Waals surface area (Å²) < 4.78 is 14.9. The van der Waals surface area contributed by atoms with Crippen molar-refractivity contribution in [1.29, 1.82) is 0 Å². The lowest BCUT2D eigenvalue weighted by Gasteiger charge is -2.34. The number of aryl methyl sites for hydroxylation is 1. The Balaban J connectivity index is 1.44. The summed E-state index contributed by atoms with van der Waals surface area (Å²) in [6.07, 6.45) is 3.44. The van der Waals surface area contributed by atoms with Crippen molar-refractivity contribution in [3.63, 3.8) is 0 Å². The number of tetrazole rings is 1. The highest BCUT2D eigenvalue weighted by molar-refractivity contribution is 5.80. The van der Waals surface area contributed by atoms with Gasteiger partial charge in [-0.05, 0) is 65.8 Å². The number of hydrogen-bond acceptors (Lipinski definition) is 4. The molecule has 1 aliphatic rings. The maximum Gasteiger partial charge on any atom is 0.247 e. The van der Waals surface area contributed by atoms with Crippen LogP contribution in [0.25, 0.3) is 0 Å². The fourth-order valence-corrected chi connectivity index (χ4v) is 4.16. The number of halogens is 1. The zero-order valence-electron chi connectivity index (χ0n) is 17.1. The number of benzene rings is 2. The van der Waals surface area contributed by atoms with E-state index in [9.17, 15) is 9.18 Å². The lowest BCUT2D eigenvalue weighted by molar-refractivity contribution is -0.136. The molecule has 7 heteroatoms. The van der Waals surface area contributed by atoms with E-state index in [0.717, 1.165) is 37.9 Å². The van der Waals surface area contributed by atoms with Gasteiger partial charge in [0.05, 0.1) is 0 Å². The van der Waals surface area contributed by atoms with Gasteiger partial charge in [0.1, 0.15) is 17.7 Å². The molecule has 1 atom stereocenters. The minimum atomic E-state index is -0.531. The predicted molar refractivity (Wildman–Crippen MR) is 111 cm³/mol. The van der Waals surface area contributed by atoms with Crippen molar-refractivity contribution >= 4 is 5.91 Å². The number of hydrogen-bond donors (Lipinski definition) is 0. The van der Waals surface area contributed by atoms with Crippen molar-refractivity contribution in [1.82, 2.24) is 25.1 Å². The molecule has 0 aliphatic carbocycles. The highest BCUT2D eigenvalue weighted by Crippen LogP contribution is 2.25. The molecule has 3 aromatic rings. The van der Waals surface area contributed by atoms with E-state index in [1.165, 1.54) is 17.7 Å². The summed E-state index contributed by atoms with van der Waals surface area (Å²) in [6, 6.07) is 16.2. The van der Waals surface area contributed by atoms with Crippen LogP contribution in [0.2, 0.25) is 0 Å². The van der Waals surface area contributed by atoms with Crippen LogP contribution in [-0.2, 0) is 17.6 Å². The first-order valence-electron chi connectivity index (χ1n) is 10.4. The molecule has 0 N–H and O–H groups in total. The van der Waals surface area contributed by atoms with E-state index in [1.54, 1.807) is 23.7 Å². The van der Waals surface area contributed by atoms with Crippen LogP contribution < -0.4 is 0 Å². The predicted octanol–water partition coefficient (Wildman–Crippen LogP) is 3.39. The monoisotopic (exact) mass is 407 g/mol. The fraction of sp³-hybridized carbons (Fsp3) is 0.391. The molecule has 4 rings (SSSR count). The fourth-order valence-electron chi connectivity index (χ4n) is 4.16. The van der Waals surface area contributed by atoms with Crippen molar-refractivity contribution in [3.05, 3.63) is 77.4 Å². The summed E-state index contributed by atoms with van der Waals surface area (Å²) in [7, 11) is 0. The summed E-state index contributed by atoms with van der Waals surface area (Å²) in [5.74, 6) is 0.907. The summed E-state index contributed by atoms with van der Waals surface area (Å²) in [5, 5.41) is 11.7. The van der Waals surface area contributed by atoms with Gasteiger partial charge in [-0.3, -0.25) is 4.79 Å². The standard InChI is InChI=1S/C23H26FN5O/c1-17-25-26-27-29(17)22(16-19-7-9-21(24)10-8-19)23(30)28-13-11-20(12-14-28)15-18-5-3-2-4-6-18/h2-10,20,22H,11-16H2,1H3/t22-/m1/s1. The van der Waals surface area contributed by atoms with Gasteiger partial charge in [0.15, 0.2) is 0 Å². The largest absolute Gasteiger partial charge is 0.341 e. The molecular weight excluding hydrogens is 381 g/mol. The Labute approximate surface area is 175 Å². The zero-order valence-corrected chi connectivity index (χ0v) is 17.1. The Morgan fingerprint density at radius 2 is 1.77 bits per heavy atom. The van der Waals surface area contributed by atoms with Crippen molar-refractivity contribution in [2.75, 3.05) is 13.1 Å². The molecule has 0 spiro atoms. The van der Waals surface area contributed by atoms with Crippen LogP contribution in [0.3, 0.4) is 0 Å². The van der Waals surface area contributed by atoms with Gasteiger partial charge in [-0.25, -0.2) is 9.07 Å². The van der Waals surface area contributed by atoms with E-state index in [-0.39, 0.29) is 11.7 Å². The summed E-state index contributed by atoms with van der Waals surface area (Å²) in [4.78, 5) is 15.3. The number of likely N-dealkylation sites (tertiary alicyclic amines) is 1. The van der Waals surface area contributed by atoms with Crippen LogP contribution in [0.5, 0.6) is 0 Å². The third kappa shape index (κ3) is 4.72. The number of amides is 1. The second-order valence-electron chi connectivity index (χ2n) is 7.98. The van der Waals surface area contributed by atoms with Gasteiger partial charge >= 0.3 is 0 Å². The van der Waals surface area contributed by atoms with E-state index in [4.69, 9.17) is 0 Å². The minimum Gasteiger partial charge on any atom is -0.341 e. The normalized spacial score (nSPS) is 15.9. The van der Waals surface area contributed by atoms with E-state index < -0.39 is 6.04 Å². The molecule has 0 saturated carbocycles. The lowest BCUT2D eigenvalue weighted by Crippen LogP contribution is -2.43. The third-order valence-electron chi connectivity index (χ3n) is 5.87. The molecule has 0 unspecified atom stereocenters. The topological polar surface area (TPSA) is 63.9 Å². The molecule has 0 radical (unpaired) electrons. The zero-order chi connectivity index (χ0) is 20.9. The van der Waals surface area contributed by atoms with Gasteiger partial charge in [-0.2, -0.15) is 0 Å². The molecule has 2 aromatic carbocycles. The molecule has 2 heterocycles. The van der Waals surface area contributed by atoms with Crippen LogP contribution >= 0.6 is 0 Å². The van der Waals surface area contributed by atoms with Crippen molar-refractivity contribution in [2.24, 2.45) is 5.92 Å². The van der Waals surface area contributed by atoms with Gasteiger partial charge in [-0.15, -0.1) is 5.10 Å². The summed E-state index contributed by atoms with van der Waals surface area (Å²) in [5.41, 5.74) is 2.23. The highest BCUT2D eigenvalue weighted by atomic mass is 19.1. The summed E-state index contributed by atoms with van der Waals surface area (Å²) >= 11 is 0. The minimum absolute atomic E-state index is 0.0212. The average molecular weight is 407 g/mol. The first-order chi connectivity index (χ1) is 14.6. The molecular formula is C23H26FN5O. The van der Waals surface area contributed by atoms with Crippen LogP contribution in [-0.4, -0.2) is 44.1 Å². The first-order valence-corrected chi connectivity index (χ1v) is 10.4. The van der Waals surface area contributed by atoms with Crippen molar-refractivity contribution in [3.8, 4) is 0 Å². The van der Waals surface area contributed by atoms with E-state index in [0.29, 0.717) is 18.2 Å². The summed E-state index contributed by atoms with van der Waals surface area (Å²) in [6.45, 7) is 3.26. The Hall–Kier alpha value is -3.09. The molecule has 1 aromatic heterocycles. The number of rotatable bonds is 6. The van der Waals surface area contributed by atoms with E-state index >= 15 is 0 Å². The highest BCUT2D eigenvalue weighted by Gasteiger charge is 2.31. The quantitative estimate of drug-likeness (QED) is 0.628. The maximum atomic E-state index is 13.4. The Kier molecular flexibility index (Phi) is 6.16. The molecule has 6 nitrogen and oxygen atoms in total. The molecule has 1 fully saturated rings. The number of carbonyl (C=O) groups excluding carboxylic acids is 1. The number of nitrogens with zero attached hydrogens (tertiary/aromatic N) is 5. The number of aromatic nitrogens is 4. The van der Waals surface area contributed by atoms with Crippen LogP contribution in [0, 0.1) is 18.7 Å². The van der Waals surface area contributed by atoms with Crippen molar-refractivity contribution < 1.29 is 9.18 Å². The number of piperidine rings is 1. The Morgan fingerprint density at radius 1 is 1.07 bits per heavy atom. The molecule has 1 amide bonds. The molecule has 30 heavy (non-hydrogen) atoms. The van der Waals surface area contributed by atoms with E-state index in [1.807, 2.05) is 11.0 Å². The Bertz CT molecular complexity index is 965. The second-order valence-corrected chi connectivity index (χ2v) is 7.98. The molecule has 0 bridgehead atoms. The molecule has 1 aliphatic heterocycles. The molecule has 1 saturated heterocycles. The third-order valence-corrected chi connectivity index (χ3v) is 5.87. The smallest absolute Gasteiger partial charge is 0.247 e. The van der Waals surface area contributed by atoms with Crippen molar-refractivity contribution in [2.45, 2.75) is 38.6 Å². The van der Waals surface area contributed by atoms with Crippen LogP contribution in [0.15, 0.2) is 54.6 Å². The average Bonchev–Trinajstić information content (AvgIpc) is 3.20. The SMILES string of the molecule is Cc1nnnn1[C@H](Cc1ccc(F)cc1)C(=O)N1CCC(Cc2ccccc2)CC1. The van der Waals surface area contributed by atoms with Gasteiger partial charge in [0.25, 0.3) is 0 Å². The second kappa shape index (κ2) is 9.15. The van der Waals surface area contributed by atoms with Gasteiger partial charge in [0, 0.05) is 19.5 Å². The molecule has 156 valence electrons. The lowest BCUT2D eigenvalue weighted by atomic mass is 9.90. The number of carbonyl (C=O) groups is 1. The van der Waals surface area contributed by atoms with Crippen LogP contribution in [0.1, 0.15) is 35.8 Å². The van der Waals surface area contributed by atoms with Gasteiger partial charge in [0.2, 0.25) is 5.91 Å². The van der Waals surface area contributed by atoms with Gasteiger partial charge in [-0.1, -0.05) is 42.5 Å². The van der Waals surface area contributed by atoms with Gasteiger partial charge < -0.3 is 4.90 Å².